The molecule has 110 valence electrons. The molecule has 0 radical (unpaired) electrons. The molecule has 1 aromatic heterocycles. The number of aliphatic carboxylic acids is 1. The molecule has 1 aliphatic heterocycles. The van der Waals surface area contributed by atoms with Crippen LogP contribution in [-0.2, 0) is 4.79 Å². The maximum absolute atomic E-state index is 12.0. The number of carboxylic acid groups (broad SMARTS) is 1. The van der Waals surface area contributed by atoms with Crippen LogP contribution in [0.4, 0.5) is 9.93 Å². The van der Waals surface area contributed by atoms with Crippen molar-refractivity contribution in [3.8, 4) is 0 Å². The van der Waals surface area contributed by atoms with Crippen LogP contribution in [0, 0.1) is 6.92 Å². The molecule has 1 atom stereocenters. The first-order chi connectivity index (χ1) is 9.47. The Bertz CT molecular complexity index is 497. The Hall–Kier alpha value is -1.67. The first kappa shape index (κ1) is 14.7. The van der Waals surface area contributed by atoms with E-state index in [2.05, 4.69) is 10.3 Å². The molecule has 0 saturated carbocycles. The molecule has 0 aliphatic carbocycles. The molecule has 7 nitrogen and oxygen atoms in total. The van der Waals surface area contributed by atoms with Gasteiger partial charge in [-0.1, -0.05) is 0 Å². The van der Waals surface area contributed by atoms with Crippen LogP contribution in [-0.4, -0.2) is 64.1 Å². The van der Waals surface area contributed by atoms with Gasteiger partial charge in [-0.2, -0.15) is 0 Å². The van der Waals surface area contributed by atoms with E-state index in [1.165, 1.54) is 11.3 Å². The fraction of sp³-hybridized carbons (Fsp3) is 0.583. The molecule has 2 heterocycles. The number of urea groups is 1. The van der Waals surface area contributed by atoms with E-state index in [1.807, 2.05) is 11.8 Å². The van der Waals surface area contributed by atoms with Gasteiger partial charge in [-0.15, -0.1) is 11.3 Å². The Balaban J connectivity index is 1.84. The van der Waals surface area contributed by atoms with Gasteiger partial charge >= 0.3 is 12.0 Å². The number of aryl methyl sites for hydroxylation is 1. The highest BCUT2D eigenvalue weighted by Gasteiger charge is 2.27. The van der Waals surface area contributed by atoms with Gasteiger partial charge in [0.15, 0.2) is 5.13 Å². The van der Waals surface area contributed by atoms with Crippen molar-refractivity contribution in [3.63, 3.8) is 0 Å². The number of piperazine rings is 1. The van der Waals surface area contributed by atoms with E-state index in [0.717, 1.165) is 4.88 Å². The van der Waals surface area contributed by atoms with Crippen molar-refractivity contribution in [2.24, 2.45) is 0 Å². The number of carboxylic acids is 1. The minimum Gasteiger partial charge on any atom is -0.480 e. The van der Waals surface area contributed by atoms with Gasteiger partial charge < -0.3 is 10.0 Å². The van der Waals surface area contributed by atoms with Crippen LogP contribution < -0.4 is 5.32 Å². The first-order valence-electron chi connectivity index (χ1n) is 6.42. The first-order valence-corrected chi connectivity index (χ1v) is 7.24. The van der Waals surface area contributed by atoms with E-state index < -0.39 is 12.0 Å². The van der Waals surface area contributed by atoms with Crippen LogP contribution in [0.1, 0.15) is 11.8 Å². The summed E-state index contributed by atoms with van der Waals surface area (Å²) in [6.45, 7) is 5.77. The maximum Gasteiger partial charge on any atom is 0.323 e. The number of carbonyl (C=O) groups is 2. The molecule has 0 spiro atoms. The molecule has 1 aromatic rings. The minimum atomic E-state index is -0.832. The zero-order chi connectivity index (χ0) is 14.7. The zero-order valence-electron chi connectivity index (χ0n) is 11.5. The molecular weight excluding hydrogens is 280 g/mol. The lowest BCUT2D eigenvalue weighted by atomic mass is 10.2. The van der Waals surface area contributed by atoms with Crippen LogP contribution in [0.3, 0.4) is 0 Å². The molecule has 1 unspecified atom stereocenters. The summed E-state index contributed by atoms with van der Waals surface area (Å²) in [5.74, 6) is -0.832. The van der Waals surface area contributed by atoms with E-state index in [4.69, 9.17) is 5.11 Å². The van der Waals surface area contributed by atoms with Gasteiger partial charge in [-0.25, -0.2) is 9.78 Å². The third-order valence-corrected chi connectivity index (χ3v) is 4.17. The van der Waals surface area contributed by atoms with Gasteiger partial charge in [-0.05, 0) is 13.8 Å². The van der Waals surface area contributed by atoms with Crippen molar-refractivity contribution < 1.29 is 14.7 Å². The van der Waals surface area contributed by atoms with E-state index in [1.54, 1.807) is 18.0 Å². The molecule has 2 amide bonds. The predicted molar refractivity (Wildman–Crippen MR) is 76.1 cm³/mol. The number of thiazole rings is 1. The topological polar surface area (TPSA) is 85.8 Å². The molecule has 8 heteroatoms. The number of hydrogen-bond acceptors (Lipinski definition) is 5. The lowest BCUT2D eigenvalue weighted by Gasteiger charge is -2.36. The number of amides is 2. The Morgan fingerprint density at radius 1 is 1.40 bits per heavy atom. The molecule has 0 aromatic carbocycles. The molecule has 1 saturated heterocycles. The van der Waals surface area contributed by atoms with Gasteiger partial charge in [-0.3, -0.25) is 15.0 Å². The van der Waals surface area contributed by atoms with Gasteiger partial charge in [0.1, 0.15) is 6.04 Å². The number of rotatable bonds is 3. The van der Waals surface area contributed by atoms with Crippen LogP contribution in [0.25, 0.3) is 0 Å². The number of nitrogens with zero attached hydrogens (tertiary/aromatic N) is 3. The van der Waals surface area contributed by atoms with Gasteiger partial charge in [0.25, 0.3) is 0 Å². The fourth-order valence-electron chi connectivity index (χ4n) is 2.05. The maximum atomic E-state index is 12.0. The van der Waals surface area contributed by atoms with Gasteiger partial charge in [0.2, 0.25) is 0 Å². The second kappa shape index (κ2) is 6.19. The number of nitrogens with one attached hydrogen (secondary N) is 1. The standard InChI is InChI=1S/C12H18N4O3S/c1-8-7-13-11(20-8)14-12(19)16-5-3-15(4-6-16)9(2)10(17)18/h7,9H,3-6H2,1-2H3,(H,17,18)(H,13,14,19). The summed E-state index contributed by atoms with van der Waals surface area (Å²) in [4.78, 5) is 31.6. The van der Waals surface area contributed by atoms with Crippen molar-refractivity contribution in [2.75, 3.05) is 31.5 Å². The van der Waals surface area contributed by atoms with Crippen LogP contribution in [0.5, 0.6) is 0 Å². The van der Waals surface area contributed by atoms with E-state index >= 15 is 0 Å². The van der Waals surface area contributed by atoms with E-state index in [0.29, 0.717) is 31.3 Å². The largest absolute Gasteiger partial charge is 0.480 e. The summed E-state index contributed by atoms with van der Waals surface area (Å²) < 4.78 is 0. The summed E-state index contributed by atoms with van der Waals surface area (Å²) >= 11 is 1.43. The highest BCUT2D eigenvalue weighted by molar-refractivity contribution is 7.15. The Kier molecular flexibility index (Phi) is 4.56. The van der Waals surface area contributed by atoms with Crippen LogP contribution in [0.15, 0.2) is 6.20 Å². The summed E-state index contributed by atoms with van der Waals surface area (Å²) in [6.07, 6.45) is 1.72. The van der Waals surface area contributed by atoms with Crippen molar-refractivity contribution in [3.05, 3.63) is 11.1 Å². The lowest BCUT2D eigenvalue weighted by molar-refractivity contribution is -0.143. The summed E-state index contributed by atoms with van der Waals surface area (Å²) in [6, 6.07) is -0.691. The minimum absolute atomic E-state index is 0.179. The van der Waals surface area contributed by atoms with Crippen LogP contribution >= 0.6 is 11.3 Å². The average Bonchev–Trinajstić information content (AvgIpc) is 2.83. The molecule has 0 bridgehead atoms. The zero-order valence-corrected chi connectivity index (χ0v) is 12.3. The Labute approximate surface area is 121 Å². The third kappa shape index (κ3) is 3.45. The molecule has 20 heavy (non-hydrogen) atoms. The second-order valence-electron chi connectivity index (χ2n) is 4.74. The number of aromatic nitrogens is 1. The monoisotopic (exact) mass is 298 g/mol. The Morgan fingerprint density at radius 2 is 2.05 bits per heavy atom. The average molecular weight is 298 g/mol. The SMILES string of the molecule is Cc1cnc(NC(=O)N2CCN(C(C)C(=O)O)CC2)s1. The molecular formula is C12H18N4O3S. The van der Waals surface area contributed by atoms with E-state index in [-0.39, 0.29) is 6.03 Å². The number of anilines is 1. The third-order valence-electron chi connectivity index (χ3n) is 3.34. The van der Waals surface area contributed by atoms with Crippen molar-refractivity contribution >= 4 is 28.5 Å². The van der Waals surface area contributed by atoms with Crippen molar-refractivity contribution in [1.29, 1.82) is 0 Å². The molecule has 2 N–H and O–H groups in total. The molecule has 1 aliphatic rings. The summed E-state index contributed by atoms with van der Waals surface area (Å²) in [7, 11) is 0. The smallest absolute Gasteiger partial charge is 0.323 e. The lowest BCUT2D eigenvalue weighted by Crippen LogP contribution is -2.53. The van der Waals surface area contributed by atoms with Gasteiger partial charge in [0.05, 0.1) is 0 Å². The summed E-state index contributed by atoms with van der Waals surface area (Å²) in [5, 5.41) is 12.3. The quantitative estimate of drug-likeness (QED) is 0.872. The summed E-state index contributed by atoms with van der Waals surface area (Å²) in [5.41, 5.74) is 0. The van der Waals surface area contributed by atoms with Crippen molar-refractivity contribution in [1.82, 2.24) is 14.8 Å². The molecule has 1 fully saturated rings. The highest BCUT2D eigenvalue weighted by Crippen LogP contribution is 2.17. The highest BCUT2D eigenvalue weighted by atomic mass is 32.1. The van der Waals surface area contributed by atoms with E-state index in [9.17, 15) is 9.59 Å². The second-order valence-corrected chi connectivity index (χ2v) is 5.98. The number of hydrogen-bond donors (Lipinski definition) is 2. The Morgan fingerprint density at radius 3 is 2.55 bits per heavy atom. The van der Waals surface area contributed by atoms with Crippen LogP contribution in [0.2, 0.25) is 0 Å². The fourth-order valence-corrected chi connectivity index (χ4v) is 2.71. The predicted octanol–water partition coefficient (Wildman–Crippen LogP) is 1.07. The van der Waals surface area contributed by atoms with Crippen molar-refractivity contribution in [2.45, 2.75) is 19.9 Å². The number of carbonyl (C=O) groups excluding carboxylic acids is 1. The van der Waals surface area contributed by atoms with Gasteiger partial charge in [0, 0.05) is 37.3 Å². The molecule has 2 rings (SSSR count). The normalized spacial score (nSPS) is 17.8.